The quantitative estimate of drug-likeness (QED) is 0.772. The molecule has 0 bridgehead atoms. The average molecular weight is 209 g/mol. The number of hydrogen-bond acceptors (Lipinski definition) is 2. The van der Waals surface area contributed by atoms with Crippen molar-refractivity contribution in [1.29, 1.82) is 10.5 Å². The summed E-state index contributed by atoms with van der Waals surface area (Å²) in [6, 6.07) is 6.04. The number of H-pyrrole nitrogens is 1. The van der Waals surface area contributed by atoms with Gasteiger partial charge in [0.15, 0.2) is 5.92 Å². The zero-order valence-corrected chi connectivity index (χ0v) is 8.99. The Kier molecular flexibility index (Phi) is 2.62. The molecule has 0 saturated carbocycles. The molecular weight excluding hydrogens is 198 g/mol. The molecule has 0 unspecified atom stereocenters. The Morgan fingerprint density at radius 2 is 2.12 bits per heavy atom. The van der Waals surface area contributed by atoms with Crippen LogP contribution in [0.3, 0.4) is 0 Å². The minimum absolute atomic E-state index is 0.698. The van der Waals surface area contributed by atoms with E-state index in [2.05, 4.69) is 4.98 Å². The Balaban J connectivity index is 2.55. The van der Waals surface area contributed by atoms with Crippen molar-refractivity contribution in [3.63, 3.8) is 0 Å². The lowest BCUT2D eigenvalue weighted by Gasteiger charge is -2.05. The number of fused-ring (bicyclic) bond motifs is 1. The fourth-order valence-electron chi connectivity index (χ4n) is 1.93. The number of aryl methyl sites for hydroxylation is 1. The van der Waals surface area contributed by atoms with E-state index >= 15 is 0 Å². The van der Waals surface area contributed by atoms with Gasteiger partial charge in [-0.1, -0.05) is 18.2 Å². The molecule has 3 heteroatoms. The molecule has 16 heavy (non-hydrogen) atoms. The van der Waals surface area contributed by atoms with Crippen LogP contribution >= 0.6 is 0 Å². The molecule has 1 aliphatic rings. The molecule has 2 rings (SSSR count). The summed E-state index contributed by atoms with van der Waals surface area (Å²) in [6.45, 7) is 1.98. The molecule has 78 valence electrons. The third-order valence-corrected chi connectivity index (χ3v) is 2.65. The minimum Gasteiger partial charge on any atom is -0.362 e. The lowest BCUT2D eigenvalue weighted by molar-refractivity contribution is 1.08. The van der Waals surface area contributed by atoms with Gasteiger partial charge in [-0.15, -0.1) is 0 Å². The first-order valence-electron chi connectivity index (χ1n) is 5.11. The fourth-order valence-corrected chi connectivity index (χ4v) is 1.93. The molecule has 0 aliphatic heterocycles. The zero-order valence-electron chi connectivity index (χ0n) is 8.99. The van der Waals surface area contributed by atoms with E-state index in [-0.39, 0.29) is 0 Å². The summed E-state index contributed by atoms with van der Waals surface area (Å²) in [5.74, 6) is -0.698. The second-order valence-electron chi connectivity index (χ2n) is 3.79. The number of nitriles is 2. The summed E-state index contributed by atoms with van der Waals surface area (Å²) in [5.41, 5.74) is 3.92. The van der Waals surface area contributed by atoms with E-state index in [1.165, 1.54) is 0 Å². The van der Waals surface area contributed by atoms with Crippen LogP contribution in [0.1, 0.15) is 17.0 Å². The van der Waals surface area contributed by atoms with E-state index in [1.807, 2.05) is 43.4 Å². The maximum Gasteiger partial charge on any atom is 0.158 e. The summed E-state index contributed by atoms with van der Waals surface area (Å²) < 4.78 is 0. The van der Waals surface area contributed by atoms with E-state index in [1.54, 1.807) is 0 Å². The second-order valence-corrected chi connectivity index (χ2v) is 3.79. The van der Waals surface area contributed by atoms with Crippen LogP contribution in [0, 0.1) is 35.5 Å². The molecule has 3 nitrogen and oxygen atoms in total. The molecule has 1 aliphatic carbocycles. The maximum atomic E-state index is 8.95. The lowest BCUT2D eigenvalue weighted by Crippen LogP contribution is -1.98. The number of aromatic nitrogens is 1. The molecule has 0 radical (unpaired) electrons. The third kappa shape index (κ3) is 1.64. The zero-order chi connectivity index (χ0) is 11.5. The lowest BCUT2D eigenvalue weighted by atomic mass is 9.94. The van der Waals surface area contributed by atoms with Crippen LogP contribution in [0.2, 0.25) is 0 Å². The van der Waals surface area contributed by atoms with Crippen LogP contribution in [0.15, 0.2) is 24.3 Å². The predicted octanol–water partition coefficient (Wildman–Crippen LogP) is 2.48. The van der Waals surface area contributed by atoms with E-state index in [0.29, 0.717) is 0 Å². The van der Waals surface area contributed by atoms with Gasteiger partial charge in [0.2, 0.25) is 0 Å². The monoisotopic (exact) mass is 209 g/mol. The highest BCUT2D eigenvalue weighted by molar-refractivity contribution is 5.75. The van der Waals surface area contributed by atoms with Gasteiger partial charge in [-0.2, -0.15) is 10.5 Å². The highest BCUT2D eigenvalue weighted by Crippen LogP contribution is 2.29. The van der Waals surface area contributed by atoms with Gasteiger partial charge in [-0.05, 0) is 18.6 Å². The van der Waals surface area contributed by atoms with Gasteiger partial charge in [0, 0.05) is 23.4 Å². The van der Waals surface area contributed by atoms with Gasteiger partial charge < -0.3 is 4.98 Å². The first kappa shape index (κ1) is 10.3. The Morgan fingerprint density at radius 1 is 1.38 bits per heavy atom. The molecule has 0 aromatic carbocycles. The normalized spacial score (nSPS) is 13.6. The SMILES string of the molecule is Cc1cc2c([nH]1)CC=CC=C2C(C#N)C#N. The summed E-state index contributed by atoms with van der Waals surface area (Å²) in [6.07, 6.45) is 6.59. The summed E-state index contributed by atoms with van der Waals surface area (Å²) in [4.78, 5) is 3.26. The first-order valence-corrected chi connectivity index (χ1v) is 5.11. The second kappa shape index (κ2) is 4.08. The highest BCUT2D eigenvalue weighted by atomic mass is 14.7. The van der Waals surface area contributed by atoms with Gasteiger partial charge in [0.25, 0.3) is 0 Å². The van der Waals surface area contributed by atoms with Crippen molar-refractivity contribution in [2.45, 2.75) is 13.3 Å². The Labute approximate surface area is 94.3 Å². The first-order chi connectivity index (χ1) is 7.76. The summed E-state index contributed by atoms with van der Waals surface area (Å²) in [7, 11) is 0. The van der Waals surface area contributed by atoms with Crippen molar-refractivity contribution in [2.75, 3.05) is 0 Å². The van der Waals surface area contributed by atoms with Gasteiger partial charge in [0.05, 0.1) is 12.1 Å². The highest BCUT2D eigenvalue weighted by Gasteiger charge is 2.19. The van der Waals surface area contributed by atoms with Crippen molar-refractivity contribution in [3.05, 3.63) is 41.2 Å². The van der Waals surface area contributed by atoms with Crippen LogP contribution in [0.4, 0.5) is 0 Å². The number of nitrogens with zero attached hydrogens (tertiary/aromatic N) is 2. The van der Waals surface area contributed by atoms with Crippen LogP contribution in [0.5, 0.6) is 0 Å². The molecule has 0 amide bonds. The molecule has 1 aromatic heterocycles. The van der Waals surface area contributed by atoms with Crippen LogP contribution in [0.25, 0.3) is 5.57 Å². The van der Waals surface area contributed by atoms with Gasteiger partial charge in [-0.25, -0.2) is 0 Å². The molecule has 0 atom stereocenters. The molecular formula is C13H11N3. The number of rotatable bonds is 1. The van der Waals surface area contributed by atoms with Crippen molar-refractivity contribution < 1.29 is 0 Å². The smallest absolute Gasteiger partial charge is 0.158 e. The molecule has 0 fully saturated rings. The van der Waals surface area contributed by atoms with Crippen molar-refractivity contribution >= 4 is 5.57 Å². The molecule has 1 aromatic rings. The van der Waals surface area contributed by atoms with Crippen molar-refractivity contribution in [3.8, 4) is 12.1 Å². The third-order valence-electron chi connectivity index (χ3n) is 2.65. The molecule has 0 spiro atoms. The fraction of sp³-hybridized carbons (Fsp3) is 0.231. The van der Waals surface area contributed by atoms with Crippen molar-refractivity contribution in [1.82, 2.24) is 4.98 Å². The van der Waals surface area contributed by atoms with Gasteiger partial charge in [-0.3, -0.25) is 0 Å². The van der Waals surface area contributed by atoms with Gasteiger partial charge in [0.1, 0.15) is 0 Å². The number of nitrogens with one attached hydrogen (secondary N) is 1. The van der Waals surface area contributed by atoms with E-state index in [0.717, 1.165) is 28.9 Å². The summed E-state index contributed by atoms with van der Waals surface area (Å²) >= 11 is 0. The average Bonchev–Trinajstić information content (AvgIpc) is 2.54. The van der Waals surface area contributed by atoms with E-state index < -0.39 is 5.92 Å². The number of hydrogen-bond donors (Lipinski definition) is 1. The Hall–Kier alpha value is -2.26. The number of aromatic amines is 1. The Bertz CT molecular complexity index is 533. The molecule has 1 heterocycles. The largest absolute Gasteiger partial charge is 0.362 e. The van der Waals surface area contributed by atoms with E-state index in [4.69, 9.17) is 10.5 Å². The topological polar surface area (TPSA) is 63.4 Å². The van der Waals surface area contributed by atoms with Crippen molar-refractivity contribution in [2.24, 2.45) is 5.92 Å². The molecule has 1 N–H and O–H groups in total. The number of allylic oxidation sites excluding steroid dienone is 4. The summed E-state index contributed by atoms with van der Waals surface area (Å²) in [5, 5.41) is 17.9. The van der Waals surface area contributed by atoms with Crippen LogP contribution in [-0.2, 0) is 6.42 Å². The maximum absolute atomic E-state index is 8.95. The van der Waals surface area contributed by atoms with Crippen LogP contribution < -0.4 is 0 Å². The van der Waals surface area contributed by atoms with Crippen LogP contribution in [-0.4, -0.2) is 4.98 Å². The molecule has 0 saturated heterocycles. The predicted molar refractivity (Wildman–Crippen MR) is 61.1 cm³/mol. The van der Waals surface area contributed by atoms with E-state index in [9.17, 15) is 0 Å². The van der Waals surface area contributed by atoms with Gasteiger partial charge >= 0.3 is 0 Å². The minimum atomic E-state index is -0.698. The Morgan fingerprint density at radius 3 is 2.81 bits per heavy atom. The standard InChI is InChI=1S/C13H11N3/c1-9-6-12-11(10(7-14)8-15)4-2-3-5-13(12)16-9/h2-4,6,10,16H,5H2,1H3.